The lowest BCUT2D eigenvalue weighted by atomic mass is 10.2. The number of esters is 3. The molecule has 0 bridgehead atoms. The number of hydrogen-bond donors (Lipinski definition) is 3. The van der Waals surface area contributed by atoms with Crippen LogP contribution in [0.5, 0.6) is 17.2 Å². The molecule has 0 amide bonds. The van der Waals surface area contributed by atoms with E-state index in [0.29, 0.717) is 0 Å². The zero-order chi connectivity index (χ0) is 25.7. The van der Waals surface area contributed by atoms with Crippen LogP contribution in [0.4, 0.5) is 17.1 Å². The van der Waals surface area contributed by atoms with Crippen molar-refractivity contribution in [1.29, 1.82) is 0 Å². The van der Waals surface area contributed by atoms with E-state index in [1.165, 1.54) is 36.4 Å². The summed E-state index contributed by atoms with van der Waals surface area (Å²) in [5.74, 6) is -2.44. The Labute approximate surface area is 206 Å². The van der Waals surface area contributed by atoms with E-state index in [1.807, 2.05) is 0 Å². The highest BCUT2D eigenvalue weighted by Crippen LogP contribution is 2.31. The average Bonchev–Trinajstić information content (AvgIpc) is 2.84. The molecule has 6 N–H and O–H groups in total. The van der Waals surface area contributed by atoms with E-state index in [2.05, 4.69) is 0 Å². The summed E-state index contributed by atoms with van der Waals surface area (Å²) in [6.45, 7) is 0. The van der Waals surface area contributed by atoms with Gasteiger partial charge in [0, 0.05) is 35.3 Å². The van der Waals surface area contributed by atoms with Gasteiger partial charge in [0.25, 0.3) is 0 Å². The van der Waals surface area contributed by atoms with E-state index in [9.17, 15) is 14.4 Å². The first-order valence-electron chi connectivity index (χ1n) is 10.7. The molecule has 4 aromatic rings. The van der Waals surface area contributed by atoms with Crippen molar-refractivity contribution >= 4 is 35.0 Å². The molecule has 0 atom stereocenters. The Kier molecular flexibility index (Phi) is 6.83. The van der Waals surface area contributed by atoms with Gasteiger partial charge in [-0.1, -0.05) is 36.4 Å². The van der Waals surface area contributed by atoms with Gasteiger partial charge in [-0.15, -0.1) is 0 Å². The van der Waals surface area contributed by atoms with E-state index in [4.69, 9.17) is 31.4 Å². The molecular formula is C27H21N3O6. The average molecular weight is 483 g/mol. The van der Waals surface area contributed by atoms with E-state index >= 15 is 0 Å². The highest BCUT2D eigenvalue weighted by atomic mass is 16.6. The third-order valence-electron chi connectivity index (χ3n) is 5.03. The molecule has 4 aromatic carbocycles. The second-order valence-corrected chi connectivity index (χ2v) is 7.57. The Bertz CT molecular complexity index is 1280. The van der Waals surface area contributed by atoms with Crippen molar-refractivity contribution in [2.24, 2.45) is 0 Å². The fraction of sp³-hybridized carbons (Fsp3) is 0. The Hall–Kier alpha value is -5.31. The summed E-state index contributed by atoms with van der Waals surface area (Å²) >= 11 is 0. The zero-order valence-corrected chi connectivity index (χ0v) is 18.8. The minimum Gasteiger partial charge on any atom is -0.423 e. The largest absolute Gasteiger partial charge is 0.423 e. The molecule has 180 valence electrons. The molecule has 0 saturated carbocycles. The van der Waals surface area contributed by atoms with Crippen molar-refractivity contribution in [1.82, 2.24) is 0 Å². The quantitative estimate of drug-likeness (QED) is 0.209. The van der Waals surface area contributed by atoms with Crippen molar-refractivity contribution in [3.05, 3.63) is 108 Å². The molecule has 0 aromatic heterocycles. The number of rotatable bonds is 6. The van der Waals surface area contributed by atoms with Gasteiger partial charge in [-0.05, 0) is 36.4 Å². The maximum atomic E-state index is 12.7. The molecule has 0 aliphatic rings. The fourth-order valence-corrected chi connectivity index (χ4v) is 3.26. The van der Waals surface area contributed by atoms with E-state index in [1.54, 1.807) is 54.6 Å². The van der Waals surface area contributed by atoms with Crippen LogP contribution in [0, 0.1) is 0 Å². The number of ether oxygens (including phenoxy) is 3. The van der Waals surface area contributed by atoms with E-state index in [0.717, 1.165) is 0 Å². The number of nitrogens with two attached hydrogens (primary N) is 3. The second kappa shape index (κ2) is 10.3. The summed E-state index contributed by atoms with van der Waals surface area (Å²) in [7, 11) is 0. The Morgan fingerprint density at radius 3 is 0.944 bits per heavy atom. The van der Waals surface area contributed by atoms with Crippen molar-refractivity contribution in [2.75, 3.05) is 17.2 Å². The Morgan fingerprint density at radius 1 is 0.444 bits per heavy atom. The number of carbonyl (C=O) groups is 3. The first kappa shape index (κ1) is 23.8. The second-order valence-electron chi connectivity index (χ2n) is 7.57. The maximum Gasteiger partial charge on any atom is 0.345 e. The van der Waals surface area contributed by atoms with Crippen LogP contribution in [0.2, 0.25) is 0 Å². The summed E-state index contributed by atoms with van der Waals surface area (Å²) in [5, 5.41) is 0. The van der Waals surface area contributed by atoms with Crippen LogP contribution in [-0.4, -0.2) is 17.9 Å². The van der Waals surface area contributed by atoms with Crippen molar-refractivity contribution in [2.45, 2.75) is 0 Å². The van der Waals surface area contributed by atoms with Gasteiger partial charge in [-0.2, -0.15) is 0 Å². The first-order chi connectivity index (χ1) is 17.3. The van der Waals surface area contributed by atoms with Gasteiger partial charge in [0.2, 0.25) is 0 Å². The van der Waals surface area contributed by atoms with Gasteiger partial charge in [-0.25, -0.2) is 14.4 Å². The maximum absolute atomic E-state index is 12.7. The number of nitrogen functional groups attached to an aromatic ring is 3. The van der Waals surface area contributed by atoms with Crippen LogP contribution in [0.15, 0.2) is 91.0 Å². The molecule has 36 heavy (non-hydrogen) atoms. The lowest BCUT2D eigenvalue weighted by Crippen LogP contribution is -2.14. The van der Waals surface area contributed by atoms with E-state index < -0.39 is 17.9 Å². The lowest BCUT2D eigenvalue weighted by molar-refractivity contribution is 0.0732. The molecule has 0 unspecified atom stereocenters. The molecule has 0 radical (unpaired) electrons. The van der Waals surface area contributed by atoms with Crippen LogP contribution < -0.4 is 31.4 Å². The summed E-state index contributed by atoms with van der Waals surface area (Å²) in [6, 6.07) is 23.0. The third-order valence-corrected chi connectivity index (χ3v) is 5.03. The summed E-state index contributed by atoms with van der Waals surface area (Å²) in [4.78, 5) is 38.1. The summed E-state index contributed by atoms with van der Waals surface area (Å²) in [5.41, 5.74) is 18.6. The molecule has 0 aliphatic heterocycles. The van der Waals surface area contributed by atoms with Gasteiger partial charge >= 0.3 is 17.9 Å². The summed E-state index contributed by atoms with van der Waals surface area (Å²) in [6.07, 6.45) is 0. The van der Waals surface area contributed by atoms with Crippen molar-refractivity contribution in [3.63, 3.8) is 0 Å². The molecule has 0 saturated heterocycles. The van der Waals surface area contributed by atoms with Crippen molar-refractivity contribution in [3.8, 4) is 17.2 Å². The van der Waals surface area contributed by atoms with Gasteiger partial charge in [0.15, 0.2) is 0 Å². The minimum atomic E-state index is -0.756. The normalized spacial score (nSPS) is 10.3. The molecular weight excluding hydrogens is 462 g/mol. The number of benzene rings is 4. The van der Waals surface area contributed by atoms with Gasteiger partial charge in [0.1, 0.15) is 17.2 Å². The van der Waals surface area contributed by atoms with Crippen LogP contribution in [0.3, 0.4) is 0 Å². The minimum absolute atomic E-state index is 0.0570. The highest BCUT2D eigenvalue weighted by Gasteiger charge is 2.18. The fourth-order valence-electron chi connectivity index (χ4n) is 3.26. The number of carbonyl (C=O) groups excluding carboxylic acids is 3. The Morgan fingerprint density at radius 2 is 0.694 bits per heavy atom. The predicted molar refractivity (Wildman–Crippen MR) is 134 cm³/mol. The van der Waals surface area contributed by atoms with Gasteiger partial charge < -0.3 is 31.4 Å². The smallest absolute Gasteiger partial charge is 0.345 e. The first-order valence-corrected chi connectivity index (χ1v) is 10.7. The monoisotopic (exact) mass is 483 g/mol. The number of hydrogen-bond acceptors (Lipinski definition) is 9. The van der Waals surface area contributed by atoms with Gasteiger partial charge in [-0.3, -0.25) is 0 Å². The van der Waals surface area contributed by atoms with Crippen LogP contribution >= 0.6 is 0 Å². The SMILES string of the molecule is Nc1ccccc1C(=O)Oc1cc(OC(=O)c2ccccc2N)cc(OC(=O)c2ccccc2N)c1. The molecule has 0 heterocycles. The zero-order valence-electron chi connectivity index (χ0n) is 18.8. The topological polar surface area (TPSA) is 157 Å². The highest BCUT2D eigenvalue weighted by molar-refractivity contribution is 5.98. The lowest BCUT2D eigenvalue weighted by Gasteiger charge is -2.12. The molecule has 9 nitrogen and oxygen atoms in total. The Balaban J connectivity index is 1.65. The van der Waals surface area contributed by atoms with Crippen LogP contribution in [-0.2, 0) is 0 Å². The molecule has 9 heteroatoms. The third kappa shape index (κ3) is 5.42. The van der Waals surface area contributed by atoms with E-state index in [-0.39, 0.29) is 51.0 Å². The van der Waals surface area contributed by atoms with Gasteiger partial charge in [0.05, 0.1) is 16.7 Å². The standard InChI is InChI=1S/C27H21N3O6/c28-22-10-4-1-7-19(22)25(31)34-16-13-17(35-26(32)20-8-2-5-11-23(20)29)15-18(14-16)36-27(33)21-9-3-6-12-24(21)30/h1-15H,28-30H2. The molecule has 0 fully saturated rings. The number of anilines is 3. The van der Waals surface area contributed by atoms with Crippen LogP contribution in [0.1, 0.15) is 31.1 Å². The molecule has 4 rings (SSSR count). The predicted octanol–water partition coefficient (Wildman–Crippen LogP) is 4.09. The molecule has 0 aliphatic carbocycles. The van der Waals surface area contributed by atoms with Crippen molar-refractivity contribution < 1.29 is 28.6 Å². The molecule has 0 spiro atoms. The summed E-state index contributed by atoms with van der Waals surface area (Å²) < 4.78 is 16.3. The van der Waals surface area contributed by atoms with Crippen LogP contribution in [0.25, 0.3) is 0 Å². The number of para-hydroxylation sites is 3.